The number of aliphatic hydroxyl groups is 1. The van der Waals surface area contributed by atoms with Gasteiger partial charge in [0.2, 0.25) is 10.0 Å². The summed E-state index contributed by atoms with van der Waals surface area (Å²) in [5, 5.41) is 10.1. The average molecular weight is 366 g/mol. The van der Waals surface area contributed by atoms with Gasteiger partial charge in [0.05, 0.1) is 11.0 Å². The number of aliphatic hydroxyl groups excluding tert-OH is 1. The number of hydrogen-bond donors (Lipinski definition) is 1. The molecule has 0 aliphatic heterocycles. The number of halogens is 1. The highest BCUT2D eigenvalue weighted by Gasteiger charge is 2.24. The van der Waals surface area contributed by atoms with Crippen LogP contribution in [0.1, 0.15) is 12.5 Å². The van der Waals surface area contributed by atoms with Crippen molar-refractivity contribution in [1.82, 2.24) is 4.31 Å². The first-order valence-corrected chi connectivity index (χ1v) is 9.37. The molecule has 0 saturated carbocycles. The summed E-state index contributed by atoms with van der Waals surface area (Å²) in [7, 11) is -3.70. The molecule has 0 heterocycles. The molecule has 0 spiro atoms. The van der Waals surface area contributed by atoms with E-state index in [4.69, 9.17) is 11.6 Å². The van der Waals surface area contributed by atoms with Gasteiger partial charge in [-0.05, 0) is 36.8 Å². The molecule has 0 saturated heterocycles. The standard InChI is InChI=1S/C18H20ClNO3S/c1-15(21)14-20(13-5-8-16-6-3-2-4-7-16)24(22,23)18-11-9-17(19)10-12-18/h2-12,15,21H,13-14H2,1H3. The molecule has 0 radical (unpaired) electrons. The maximum absolute atomic E-state index is 12.8. The van der Waals surface area contributed by atoms with Gasteiger partial charge < -0.3 is 5.11 Å². The second-order valence-corrected chi connectivity index (χ2v) is 7.81. The van der Waals surface area contributed by atoms with Gasteiger partial charge in [0.25, 0.3) is 0 Å². The zero-order valence-electron chi connectivity index (χ0n) is 13.3. The summed E-state index contributed by atoms with van der Waals surface area (Å²) in [4.78, 5) is 0.153. The summed E-state index contributed by atoms with van der Waals surface area (Å²) in [5.41, 5.74) is 0.985. The van der Waals surface area contributed by atoms with Crippen LogP contribution >= 0.6 is 11.6 Å². The number of rotatable bonds is 7. The van der Waals surface area contributed by atoms with Crippen LogP contribution < -0.4 is 0 Å². The Labute approximate surface area is 148 Å². The first-order valence-electron chi connectivity index (χ1n) is 7.55. The molecule has 0 amide bonds. The summed E-state index contributed by atoms with van der Waals surface area (Å²) in [5.74, 6) is 0. The van der Waals surface area contributed by atoms with Crippen molar-refractivity contribution in [2.24, 2.45) is 0 Å². The fraction of sp³-hybridized carbons (Fsp3) is 0.222. The van der Waals surface area contributed by atoms with Gasteiger partial charge in [-0.1, -0.05) is 54.1 Å². The third kappa shape index (κ3) is 5.18. The third-order valence-electron chi connectivity index (χ3n) is 3.34. The first-order chi connectivity index (χ1) is 11.4. The number of nitrogens with zero attached hydrogens (tertiary/aromatic N) is 1. The average Bonchev–Trinajstić information content (AvgIpc) is 2.55. The Hall–Kier alpha value is -1.66. The summed E-state index contributed by atoms with van der Waals surface area (Å²) in [6, 6.07) is 15.6. The summed E-state index contributed by atoms with van der Waals surface area (Å²) < 4.78 is 26.8. The van der Waals surface area contributed by atoms with Crippen LogP contribution in [0.15, 0.2) is 65.6 Å². The molecule has 0 bridgehead atoms. The first kappa shape index (κ1) is 18.7. The van der Waals surface area contributed by atoms with E-state index in [0.29, 0.717) is 5.02 Å². The Balaban J connectivity index is 2.21. The molecule has 1 N–H and O–H groups in total. The van der Waals surface area contributed by atoms with E-state index >= 15 is 0 Å². The molecule has 24 heavy (non-hydrogen) atoms. The highest BCUT2D eigenvalue weighted by atomic mass is 35.5. The molecule has 4 nitrogen and oxygen atoms in total. The van der Waals surface area contributed by atoms with Gasteiger partial charge >= 0.3 is 0 Å². The van der Waals surface area contributed by atoms with Crippen molar-refractivity contribution in [2.45, 2.75) is 17.9 Å². The molecule has 0 fully saturated rings. The van der Waals surface area contributed by atoms with E-state index in [0.717, 1.165) is 5.56 Å². The van der Waals surface area contributed by atoms with E-state index in [9.17, 15) is 13.5 Å². The SMILES string of the molecule is CC(O)CN(CC=Cc1ccccc1)S(=O)(=O)c1ccc(Cl)cc1. The highest BCUT2D eigenvalue weighted by molar-refractivity contribution is 7.89. The van der Waals surface area contributed by atoms with Crippen molar-refractivity contribution >= 4 is 27.7 Å². The lowest BCUT2D eigenvalue weighted by molar-refractivity contribution is 0.167. The monoisotopic (exact) mass is 365 g/mol. The molecular formula is C18H20ClNO3S. The van der Waals surface area contributed by atoms with Crippen LogP contribution in [0.5, 0.6) is 0 Å². The van der Waals surface area contributed by atoms with Gasteiger partial charge in [0.1, 0.15) is 0 Å². The van der Waals surface area contributed by atoms with E-state index < -0.39 is 16.1 Å². The van der Waals surface area contributed by atoms with E-state index in [1.807, 2.05) is 36.4 Å². The summed E-state index contributed by atoms with van der Waals surface area (Å²) in [6.07, 6.45) is 2.86. The van der Waals surface area contributed by atoms with Crippen LogP contribution in [0.2, 0.25) is 5.02 Å². The highest BCUT2D eigenvalue weighted by Crippen LogP contribution is 2.19. The van der Waals surface area contributed by atoms with E-state index in [1.54, 1.807) is 13.0 Å². The second kappa shape index (κ2) is 8.44. The lowest BCUT2D eigenvalue weighted by Gasteiger charge is -2.22. The van der Waals surface area contributed by atoms with Crippen molar-refractivity contribution in [3.63, 3.8) is 0 Å². The molecule has 1 unspecified atom stereocenters. The van der Waals surface area contributed by atoms with Crippen LogP contribution in [-0.2, 0) is 10.0 Å². The van der Waals surface area contributed by atoms with Crippen LogP contribution in [0.4, 0.5) is 0 Å². The predicted molar refractivity (Wildman–Crippen MR) is 97.4 cm³/mol. The Kier molecular flexibility index (Phi) is 6.57. The van der Waals surface area contributed by atoms with Crippen LogP contribution in [0, 0.1) is 0 Å². The van der Waals surface area contributed by atoms with Crippen molar-refractivity contribution in [1.29, 1.82) is 0 Å². The van der Waals surface area contributed by atoms with Gasteiger partial charge in [-0.25, -0.2) is 8.42 Å². The van der Waals surface area contributed by atoms with Crippen LogP contribution in [-0.4, -0.2) is 37.0 Å². The number of sulfonamides is 1. The Bertz CT molecular complexity index is 772. The van der Waals surface area contributed by atoms with Gasteiger partial charge in [0.15, 0.2) is 0 Å². The zero-order valence-corrected chi connectivity index (χ0v) is 14.9. The molecule has 2 aromatic carbocycles. The quantitative estimate of drug-likeness (QED) is 0.817. The normalized spacial score (nSPS) is 13.5. The van der Waals surface area contributed by atoms with E-state index in [-0.39, 0.29) is 18.0 Å². The molecule has 128 valence electrons. The van der Waals surface area contributed by atoms with Gasteiger partial charge in [-0.15, -0.1) is 0 Å². The molecule has 2 rings (SSSR count). The number of hydrogen-bond acceptors (Lipinski definition) is 3. The van der Waals surface area contributed by atoms with Crippen LogP contribution in [0.25, 0.3) is 6.08 Å². The van der Waals surface area contributed by atoms with Gasteiger partial charge in [-0.3, -0.25) is 0 Å². The van der Waals surface area contributed by atoms with Crippen molar-refractivity contribution < 1.29 is 13.5 Å². The zero-order chi connectivity index (χ0) is 17.6. The molecule has 2 aromatic rings. The van der Waals surface area contributed by atoms with E-state index in [2.05, 4.69) is 0 Å². The maximum Gasteiger partial charge on any atom is 0.243 e. The third-order valence-corrected chi connectivity index (χ3v) is 5.44. The molecule has 0 aromatic heterocycles. The lowest BCUT2D eigenvalue weighted by atomic mass is 10.2. The van der Waals surface area contributed by atoms with E-state index in [1.165, 1.54) is 28.6 Å². The Morgan fingerprint density at radius 2 is 1.75 bits per heavy atom. The maximum atomic E-state index is 12.8. The van der Waals surface area contributed by atoms with Crippen molar-refractivity contribution in [2.75, 3.05) is 13.1 Å². The Morgan fingerprint density at radius 1 is 1.12 bits per heavy atom. The topological polar surface area (TPSA) is 57.6 Å². The van der Waals surface area contributed by atoms with Crippen LogP contribution in [0.3, 0.4) is 0 Å². The smallest absolute Gasteiger partial charge is 0.243 e. The fourth-order valence-corrected chi connectivity index (χ4v) is 3.79. The summed E-state index contributed by atoms with van der Waals surface area (Å²) >= 11 is 5.82. The fourth-order valence-electron chi connectivity index (χ4n) is 2.19. The van der Waals surface area contributed by atoms with Crippen molar-refractivity contribution in [3.8, 4) is 0 Å². The minimum Gasteiger partial charge on any atom is -0.392 e. The lowest BCUT2D eigenvalue weighted by Crippen LogP contribution is -2.36. The number of benzene rings is 2. The van der Waals surface area contributed by atoms with Crippen molar-refractivity contribution in [3.05, 3.63) is 71.3 Å². The molecule has 1 atom stereocenters. The molecule has 0 aliphatic rings. The minimum absolute atomic E-state index is 0.0179. The minimum atomic E-state index is -3.70. The largest absolute Gasteiger partial charge is 0.392 e. The molecule has 0 aliphatic carbocycles. The molecular weight excluding hydrogens is 346 g/mol. The van der Waals surface area contributed by atoms with Gasteiger partial charge in [-0.2, -0.15) is 4.31 Å². The summed E-state index contributed by atoms with van der Waals surface area (Å²) in [6.45, 7) is 1.75. The molecule has 6 heteroatoms. The second-order valence-electron chi connectivity index (χ2n) is 5.44. The van der Waals surface area contributed by atoms with Gasteiger partial charge in [0, 0.05) is 18.1 Å². The Morgan fingerprint density at radius 3 is 2.33 bits per heavy atom. The predicted octanol–water partition coefficient (Wildman–Crippen LogP) is 3.42.